The van der Waals surface area contributed by atoms with Gasteiger partial charge in [0.2, 0.25) is 12.8 Å². The third-order valence-corrected chi connectivity index (χ3v) is 5.49. The number of nitrogens with zero attached hydrogens (tertiary/aromatic N) is 2. The Morgan fingerprint density at radius 3 is 2.46 bits per heavy atom. The van der Waals surface area contributed by atoms with Crippen LogP contribution >= 0.6 is 0 Å². The van der Waals surface area contributed by atoms with Gasteiger partial charge in [-0.1, -0.05) is 24.3 Å². The number of carbonyl (C=O) groups is 1. The molecule has 0 aliphatic carbocycles. The highest BCUT2D eigenvalue weighted by molar-refractivity contribution is 5.99. The highest BCUT2D eigenvalue weighted by atomic mass is 19.1. The predicted molar refractivity (Wildman–Crippen MR) is 139 cm³/mol. The van der Waals surface area contributed by atoms with Gasteiger partial charge in [-0.3, -0.25) is 15.0 Å². The molecule has 0 aliphatic rings. The van der Waals surface area contributed by atoms with Crippen LogP contribution < -0.4 is 32.4 Å². The molecule has 0 atom stereocenters. The van der Waals surface area contributed by atoms with Crippen LogP contribution in [0.2, 0.25) is 0 Å². The number of aromatic amines is 1. The Kier molecular flexibility index (Phi) is 10.5. The van der Waals surface area contributed by atoms with E-state index in [4.69, 9.17) is 16.2 Å². The van der Waals surface area contributed by atoms with E-state index >= 15 is 0 Å². The lowest BCUT2D eigenvalue weighted by molar-refractivity contribution is 0.192. The highest BCUT2D eigenvalue weighted by Crippen LogP contribution is 2.24. The Morgan fingerprint density at radius 2 is 1.81 bits per heavy atom. The number of hydrogen-bond donors (Lipinski definition) is 5. The van der Waals surface area contributed by atoms with Gasteiger partial charge < -0.3 is 26.5 Å². The Bertz CT molecular complexity index is 1230. The van der Waals surface area contributed by atoms with Crippen LogP contribution in [-0.4, -0.2) is 53.9 Å². The number of halogens is 2. The van der Waals surface area contributed by atoms with E-state index in [2.05, 4.69) is 25.5 Å². The molecule has 198 valence electrons. The fourth-order valence-electron chi connectivity index (χ4n) is 3.67. The molecule has 12 heteroatoms. The van der Waals surface area contributed by atoms with Gasteiger partial charge in [-0.05, 0) is 62.8 Å². The minimum atomic E-state index is -1.06. The van der Waals surface area contributed by atoms with Crippen LogP contribution in [-0.2, 0) is 6.54 Å². The average Bonchev–Trinajstić information content (AvgIpc) is 2.88. The molecule has 2 aromatic carbocycles. The second-order valence-electron chi connectivity index (χ2n) is 8.16. The molecule has 1 heterocycles. The molecule has 10 nitrogen and oxygen atoms in total. The molecule has 37 heavy (non-hydrogen) atoms. The van der Waals surface area contributed by atoms with Crippen LogP contribution in [0, 0.1) is 5.82 Å². The molecule has 0 aliphatic heterocycles. The lowest BCUT2D eigenvalue weighted by Crippen LogP contribution is -2.28. The van der Waals surface area contributed by atoms with Crippen molar-refractivity contribution in [3.05, 3.63) is 70.4 Å². The maximum absolute atomic E-state index is 14.9. The van der Waals surface area contributed by atoms with Crippen molar-refractivity contribution in [2.24, 2.45) is 11.5 Å². The number of anilines is 2. The fraction of sp³-hybridized carbons (Fsp3) is 0.320. The minimum absolute atomic E-state index is 0.123. The lowest BCUT2D eigenvalue weighted by atomic mass is 10.1. The second-order valence-corrected chi connectivity index (χ2v) is 8.16. The molecule has 0 saturated heterocycles. The maximum atomic E-state index is 14.9. The molecule has 0 radical (unpaired) electrons. The highest BCUT2D eigenvalue weighted by Gasteiger charge is 2.14. The van der Waals surface area contributed by atoms with E-state index < -0.39 is 24.3 Å². The van der Waals surface area contributed by atoms with Crippen molar-refractivity contribution in [1.29, 1.82) is 0 Å². The summed E-state index contributed by atoms with van der Waals surface area (Å²) in [5.41, 5.74) is 11.8. The van der Waals surface area contributed by atoms with Gasteiger partial charge in [0.05, 0.1) is 11.3 Å². The molecule has 2 amide bonds. The topological polar surface area (TPSA) is 151 Å². The first-order valence-electron chi connectivity index (χ1n) is 11.8. The van der Waals surface area contributed by atoms with Crippen molar-refractivity contribution >= 4 is 17.7 Å². The number of urea groups is 1. The fourth-order valence-corrected chi connectivity index (χ4v) is 3.67. The zero-order valence-corrected chi connectivity index (χ0v) is 20.3. The molecule has 3 rings (SSSR count). The number of carbonyl (C=O) groups excluding carboxylic acids is 1. The third kappa shape index (κ3) is 8.07. The summed E-state index contributed by atoms with van der Waals surface area (Å²) in [6.45, 7) is 1.90. The van der Waals surface area contributed by atoms with Crippen LogP contribution in [0.5, 0.6) is 5.75 Å². The zero-order chi connectivity index (χ0) is 26.6. The van der Waals surface area contributed by atoms with Crippen molar-refractivity contribution in [2.75, 3.05) is 43.7 Å². The van der Waals surface area contributed by atoms with Crippen molar-refractivity contribution in [3.8, 4) is 16.9 Å². The molecule has 1 aromatic heterocycles. The number of H-pyrrole nitrogens is 1. The number of nitrogens with two attached hydrogens (primary N) is 2. The second kappa shape index (κ2) is 14.0. The van der Waals surface area contributed by atoms with Crippen molar-refractivity contribution < 1.29 is 18.3 Å². The normalized spacial score (nSPS) is 10.9. The van der Waals surface area contributed by atoms with Gasteiger partial charge in [-0.25, -0.2) is 13.6 Å². The van der Waals surface area contributed by atoms with Crippen LogP contribution in [0.25, 0.3) is 11.1 Å². The van der Waals surface area contributed by atoms with E-state index in [-0.39, 0.29) is 22.9 Å². The summed E-state index contributed by atoms with van der Waals surface area (Å²) < 4.78 is 32.3. The molecular weight excluding hydrogens is 484 g/mol. The van der Waals surface area contributed by atoms with E-state index in [1.165, 1.54) is 24.4 Å². The van der Waals surface area contributed by atoms with Gasteiger partial charge in [0.1, 0.15) is 11.6 Å². The van der Waals surface area contributed by atoms with Gasteiger partial charge in [0.25, 0.3) is 5.56 Å². The summed E-state index contributed by atoms with van der Waals surface area (Å²) in [6.07, 6.45) is 2.93. The number of ether oxygens (including phenoxy) is 1. The first kappa shape index (κ1) is 27.7. The summed E-state index contributed by atoms with van der Waals surface area (Å²) in [5.74, 6) is -0.426. The Hall–Kier alpha value is -3.87. The number of para-hydroxylation sites is 2. The van der Waals surface area contributed by atoms with Crippen molar-refractivity contribution in [3.63, 3.8) is 0 Å². The van der Waals surface area contributed by atoms with E-state index in [1.807, 2.05) is 0 Å². The quantitative estimate of drug-likeness (QED) is 0.235. The summed E-state index contributed by atoms with van der Waals surface area (Å²) in [4.78, 5) is 33.6. The standard InChI is InChI=1S/C25H31F2N7O3/c26-16-37-22-6-2-1-5-21(22)31-25(36)33-24-30-14-19(23(35)32-24)17-7-8-18(20(27)13-17)15-34(11-3-9-28)12-4-10-29/h1-2,5-8,13-14H,3-4,9-12,15-16,28-29H2,(H3,30,31,32,33,35,36). The summed E-state index contributed by atoms with van der Waals surface area (Å²) >= 11 is 0. The van der Waals surface area contributed by atoms with Gasteiger partial charge in [-0.15, -0.1) is 0 Å². The third-order valence-electron chi connectivity index (χ3n) is 5.49. The SMILES string of the molecule is NCCCN(CCCN)Cc1ccc(-c2c[nH]c(NC(=O)Nc3ccccc3OCF)nc2=O)cc1F. The monoisotopic (exact) mass is 515 g/mol. The van der Waals surface area contributed by atoms with Crippen molar-refractivity contribution in [2.45, 2.75) is 19.4 Å². The average molecular weight is 516 g/mol. The summed E-state index contributed by atoms with van der Waals surface area (Å²) in [6, 6.07) is 10.1. The van der Waals surface area contributed by atoms with Gasteiger partial charge in [0, 0.05) is 18.3 Å². The van der Waals surface area contributed by atoms with Crippen LogP contribution in [0.4, 0.5) is 25.2 Å². The van der Waals surface area contributed by atoms with E-state index in [0.29, 0.717) is 30.8 Å². The molecule has 0 saturated carbocycles. The number of benzene rings is 2. The number of hydrogen-bond acceptors (Lipinski definition) is 7. The largest absolute Gasteiger partial charge is 0.461 e. The van der Waals surface area contributed by atoms with Gasteiger partial charge in [0.15, 0.2) is 0 Å². The molecule has 0 spiro atoms. The molecule has 0 unspecified atom stereocenters. The Balaban J connectivity index is 1.69. The van der Waals surface area contributed by atoms with Gasteiger partial charge >= 0.3 is 6.03 Å². The summed E-state index contributed by atoms with van der Waals surface area (Å²) in [5, 5.41) is 4.88. The number of nitrogens with one attached hydrogen (secondary N) is 3. The maximum Gasteiger partial charge on any atom is 0.326 e. The first-order chi connectivity index (χ1) is 17.9. The number of rotatable bonds is 13. The molecule has 7 N–H and O–H groups in total. The lowest BCUT2D eigenvalue weighted by Gasteiger charge is -2.22. The van der Waals surface area contributed by atoms with E-state index in [0.717, 1.165) is 25.9 Å². The smallest absolute Gasteiger partial charge is 0.326 e. The minimum Gasteiger partial charge on any atom is -0.461 e. The van der Waals surface area contributed by atoms with E-state index in [9.17, 15) is 18.4 Å². The molecule has 3 aromatic rings. The van der Waals surface area contributed by atoms with Crippen LogP contribution in [0.3, 0.4) is 0 Å². The van der Waals surface area contributed by atoms with E-state index in [1.54, 1.807) is 24.3 Å². The number of alkyl halides is 1. The number of amides is 2. The Labute approximate surface area is 213 Å². The van der Waals surface area contributed by atoms with Gasteiger partial charge in [-0.2, -0.15) is 4.98 Å². The molecule has 0 bridgehead atoms. The molecule has 0 fully saturated rings. The molecular formula is C25H31F2N7O3. The predicted octanol–water partition coefficient (Wildman–Crippen LogP) is 3.03. The van der Waals surface area contributed by atoms with Crippen LogP contribution in [0.15, 0.2) is 53.5 Å². The Morgan fingerprint density at radius 1 is 1.08 bits per heavy atom. The number of aromatic nitrogens is 2. The van der Waals surface area contributed by atoms with Crippen molar-refractivity contribution in [1.82, 2.24) is 14.9 Å². The summed E-state index contributed by atoms with van der Waals surface area (Å²) in [7, 11) is 0. The van der Waals surface area contributed by atoms with Crippen LogP contribution in [0.1, 0.15) is 18.4 Å². The zero-order valence-electron chi connectivity index (χ0n) is 20.3. The first-order valence-corrected chi connectivity index (χ1v) is 11.8.